The molecule has 190 valence electrons. The molecule has 35 heavy (non-hydrogen) atoms. The zero-order chi connectivity index (χ0) is 25.0. The number of aliphatic hydroxyl groups excluding tert-OH is 2. The van der Waals surface area contributed by atoms with Crippen LogP contribution in [0.3, 0.4) is 0 Å². The fraction of sp³-hybridized carbons (Fsp3) is 0.519. The van der Waals surface area contributed by atoms with Crippen molar-refractivity contribution in [2.24, 2.45) is 0 Å². The van der Waals surface area contributed by atoms with Crippen LogP contribution in [-0.4, -0.2) is 60.5 Å². The van der Waals surface area contributed by atoms with Crippen LogP contribution < -0.4 is 5.32 Å². The highest BCUT2D eigenvalue weighted by Gasteiger charge is 2.32. The van der Waals surface area contributed by atoms with E-state index in [1.165, 1.54) is 42.5 Å². The molecule has 4 rings (SSSR count). The summed E-state index contributed by atoms with van der Waals surface area (Å²) in [6, 6.07) is 12.4. The normalized spacial score (nSPS) is 20.6. The third kappa shape index (κ3) is 6.50. The van der Waals surface area contributed by atoms with Crippen LogP contribution in [0.5, 0.6) is 0 Å². The minimum Gasteiger partial charge on any atom is -0.389 e. The van der Waals surface area contributed by atoms with Gasteiger partial charge in [0.25, 0.3) is 5.91 Å². The Kier molecular flexibility index (Phi) is 8.27. The molecule has 1 heterocycles. The van der Waals surface area contributed by atoms with Crippen molar-refractivity contribution in [1.29, 1.82) is 0 Å². The van der Waals surface area contributed by atoms with E-state index in [1.54, 1.807) is 12.1 Å². The Morgan fingerprint density at radius 2 is 1.77 bits per heavy atom. The van der Waals surface area contributed by atoms with Gasteiger partial charge in [0.05, 0.1) is 16.7 Å². The van der Waals surface area contributed by atoms with E-state index in [1.807, 2.05) is 6.92 Å². The van der Waals surface area contributed by atoms with Gasteiger partial charge in [0.15, 0.2) is 15.9 Å². The van der Waals surface area contributed by atoms with Crippen LogP contribution in [0.15, 0.2) is 47.4 Å². The third-order valence-electron chi connectivity index (χ3n) is 7.10. The maximum Gasteiger partial charge on any atom is 0.252 e. The van der Waals surface area contributed by atoms with E-state index in [-0.39, 0.29) is 10.9 Å². The molecule has 0 aromatic heterocycles. The first-order valence-corrected chi connectivity index (χ1v) is 14.2. The number of aliphatic hydroxyl groups is 2. The topological polar surface area (TPSA) is 107 Å². The van der Waals surface area contributed by atoms with Gasteiger partial charge in [-0.3, -0.25) is 9.69 Å². The number of carbonyl (C=O) groups excluding carboxylic acids is 1. The molecular formula is C27H36N2O5S. The number of hydrogen-bond acceptors (Lipinski definition) is 6. The van der Waals surface area contributed by atoms with E-state index in [0.29, 0.717) is 0 Å². The standard InChI is InChI=1S/C27H36N2O5S/c1-19-8-11-22(12-9-19)35(33,34)18-25(30)26(31)27(32)28-24-7-5-6-21-16-20(10-13-23(21)24)17-29-14-3-2-4-15-29/h8-13,16,24-26,30-31H,2-7,14-15,17-18H2,1H3,(H,28,32)/t24-,25-,26-/m1/s1. The summed E-state index contributed by atoms with van der Waals surface area (Å²) in [6.07, 6.45) is 2.82. The lowest BCUT2D eigenvalue weighted by Gasteiger charge is -2.30. The van der Waals surface area contributed by atoms with Crippen LogP contribution in [0.1, 0.15) is 60.4 Å². The minimum atomic E-state index is -3.85. The lowest BCUT2D eigenvalue weighted by atomic mass is 9.86. The number of carbonyl (C=O) groups is 1. The Morgan fingerprint density at radius 1 is 1.06 bits per heavy atom. The van der Waals surface area contributed by atoms with Crippen LogP contribution >= 0.6 is 0 Å². The van der Waals surface area contributed by atoms with E-state index in [0.717, 1.165) is 50.0 Å². The van der Waals surface area contributed by atoms with Gasteiger partial charge in [-0.05, 0) is 80.9 Å². The monoisotopic (exact) mass is 500 g/mol. The lowest BCUT2D eigenvalue weighted by Crippen LogP contribution is -2.46. The van der Waals surface area contributed by atoms with Gasteiger partial charge >= 0.3 is 0 Å². The van der Waals surface area contributed by atoms with Gasteiger partial charge in [0, 0.05) is 6.54 Å². The first-order valence-electron chi connectivity index (χ1n) is 12.5. The van der Waals surface area contributed by atoms with Crippen LogP contribution in [0.4, 0.5) is 0 Å². The Morgan fingerprint density at radius 3 is 2.49 bits per heavy atom. The fourth-order valence-corrected chi connectivity index (χ4v) is 6.46. The van der Waals surface area contributed by atoms with E-state index in [4.69, 9.17) is 0 Å². The van der Waals surface area contributed by atoms with E-state index < -0.39 is 33.7 Å². The summed E-state index contributed by atoms with van der Waals surface area (Å²) in [5, 5.41) is 23.6. The number of rotatable bonds is 8. The molecule has 1 aliphatic heterocycles. The molecule has 3 atom stereocenters. The van der Waals surface area contributed by atoms with Gasteiger partial charge < -0.3 is 15.5 Å². The Bertz CT molecular complexity index is 1130. The first kappa shape index (κ1) is 25.8. The van der Waals surface area contributed by atoms with Crippen molar-refractivity contribution < 1.29 is 23.4 Å². The SMILES string of the molecule is Cc1ccc(S(=O)(=O)C[C@@H](O)[C@@H](O)C(=O)N[C@@H]2CCCc3cc(CN4CCCCC4)ccc32)cc1. The molecule has 8 heteroatoms. The quantitative estimate of drug-likeness (QED) is 0.515. The van der Waals surface area contributed by atoms with Gasteiger partial charge in [-0.2, -0.15) is 0 Å². The van der Waals surface area contributed by atoms with Crippen molar-refractivity contribution >= 4 is 15.7 Å². The number of sulfone groups is 1. The molecule has 0 unspecified atom stereocenters. The molecule has 2 aromatic carbocycles. The van der Waals surface area contributed by atoms with Gasteiger partial charge in [0.2, 0.25) is 0 Å². The first-order chi connectivity index (χ1) is 16.7. The summed E-state index contributed by atoms with van der Waals surface area (Å²) in [5.41, 5.74) is 4.42. The predicted molar refractivity (Wildman–Crippen MR) is 135 cm³/mol. The maximum absolute atomic E-state index is 12.7. The Labute approximate surface area is 208 Å². The minimum absolute atomic E-state index is 0.0522. The molecule has 0 saturated carbocycles. The number of amides is 1. The van der Waals surface area contributed by atoms with Crippen molar-refractivity contribution in [3.8, 4) is 0 Å². The number of aryl methyl sites for hydroxylation is 2. The summed E-state index contributed by atoms with van der Waals surface area (Å²) in [7, 11) is -3.85. The van der Waals surface area contributed by atoms with E-state index in [2.05, 4.69) is 28.4 Å². The number of nitrogens with one attached hydrogen (secondary N) is 1. The predicted octanol–water partition coefficient (Wildman–Crippen LogP) is 2.67. The molecule has 0 spiro atoms. The van der Waals surface area contributed by atoms with Crippen molar-refractivity contribution in [2.45, 2.75) is 75.1 Å². The number of likely N-dealkylation sites (tertiary alicyclic amines) is 1. The highest BCUT2D eigenvalue weighted by Crippen LogP contribution is 2.31. The second-order valence-corrected chi connectivity index (χ2v) is 12.0. The molecule has 2 aliphatic rings. The molecular weight excluding hydrogens is 464 g/mol. The van der Waals surface area contributed by atoms with Crippen molar-refractivity contribution in [1.82, 2.24) is 10.2 Å². The summed E-state index contributed by atoms with van der Waals surface area (Å²) in [4.78, 5) is 15.3. The van der Waals surface area contributed by atoms with Crippen molar-refractivity contribution in [3.63, 3.8) is 0 Å². The van der Waals surface area contributed by atoms with Gasteiger partial charge in [-0.1, -0.05) is 42.3 Å². The van der Waals surface area contributed by atoms with Gasteiger partial charge in [0.1, 0.15) is 6.10 Å². The molecule has 3 N–H and O–H groups in total. The molecule has 1 fully saturated rings. The molecule has 1 amide bonds. The van der Waals surface area contributed by atoms with E-state index >= 15 is 0 Å². The molecule has 7 nitrogen and oxygen atoms in total. The Balaban J connectivity index is 1.38. The van der Waals surface area contributed by atoms with Crippen molar-refractivity contribution in [2.75, 3.05) is 18.8 Å². The summed E-state index contributed by atoms with van der Waals surface area (Å²) < 4.78 is 25.2. The average molecular weight is 501 g/mol. The fourth-order valence-electron chi connectivity index (χ4n) is 5.08. The second kappa shape index (κ2) is 11.2. The number of piperidine rings is 1. The van der Waals surface area contributed by atoms with Crippen LogP contribution in [0, 0.1) is 6.92 Å². The van der Waals surface area contributed by atoms with Crippen LogP contribution in [0.25, 0.3) is 0 Å². The summed E-state index contributed by atoms with van der Waals surface area (Å²) in [6.45, 7) is 5.05. The third-order valence-corrected chi connectivity index (χ3v) is 8.87. The number of benzene rings is 2. The largest absolute Gasteiger partial charge is 0.389 e. The Hall–Kier alpha value is -2.26. The highest BCUT2D eigenvalue weighted by atomic mass is 32.2. The van der Waals surface area contributed by atoms with Crippen molar-refractivity contribution in [3.05, 3.63) is 64.7 Å². The smallest absolute Gasteiger partial charge is 0.252 e. The highest BCUT2D eigenvalue weighted by molar-refractivity contribution is 7.91. The van der Waals surface area contributed by atoms with Crippen LogP contribution in [0.2, 0.25) is 0 Å². The lowest BCUT2D eigenvalue weighted by molar-refractivity contribution is -0.135. The number of fused-ring (bicyclic) bond motifs is 1. The maximum atomic E-state index is 12.7. The number of hydrogen-bond donors (Lipinski definition) is 3. The molecule has 1 saturated heterocycles. The molecule has 2 aromatic rings. The summed E-state index contributed by atoms with van der Waals surface area (Å²) in [5.74, 6) is -1.49. The second-order valence-electron chi connectivity index (χ2n) is 9.93. The number of nitrogens with zero attached hydrogens (tertiary/aromatic N) is 1. The molecule has 0 radical (unpaired) electrons. The average Bonchev–Trinajstić information content (AvgIpc) is 2.84. The van der Waals surface area contributed by atoms with E-state index in [9.17, 15) is 23.4 Å². The molecule has 0 bridgehead atoms. The van der Waals surface area contributed by atoms with Crippen LogP contribution in [-0.2, 0) is 27.6 Å². The zero-order valence-electron chi connectivity index (χ0n) is 20.3. The summed E-state index contributed by atoms with van der Waals surface area (Å²) >= 11 is 0. The molecule has 1 aliphatic carbocycles. The van der Waals surface area contributed by atoms with Gasteiger partial charge in [-0.15, -0.1) is 0 Å². The van der Waals surface area contributed by atoms with Gasteiger partial charge in [-0.25, -0.2) is 8.42 Å². The zero-order valence-corrected chi connectivity index (χ0v) is 21.1.